The quantitative estimate of drug-likeness (QED) is 0.782. The number of amides is 1. The Bertz CT molecular complexity index is 376. The normalized spacial score (nSPS) is 30.9. The first-order valence-electron chi connectivity index (χ1n) is 6.62. The van der Waals surface area contributed by atoms with Crippen molar-refractivity contribution in [1.29, 1.82) is 0 Å². The Labute approximate surface area is 112 Å². The van der Waals surface area contributed by atoms with E-state index in [1.165, 1.54) is 0 Å². The van der Waals surface area contributed by atoms with Crippen LogP contribution in [0.2, 0.25) is 0 Å². The summed E-state index contributed by atoms with van der Waals surface area (Å²) in [6.07, 6.45) is 0.359. The predicted octanol–water partition coefficient (Wildman–Crippen LogP) is 1.49. The molecular formula is C13H21NO5. The summed E-state index contributed by atoms with van der Waals surface area (Å²) in [7, 11) is 0. The fourth-order valence-corrected chi connectivity index (χ4v) is 2.70. The van der Waals surface area contributed by atoms with Crippen LogP contribution in [0.25, 0.3) is 0 Å². The van der Waals surface area contributed by atoms with Crippen LogP contribution >= 0.6 is 0 Å². The van der Waals surface area contributed by atoms with Crippen molar-refractivity contribution in [1.82, 2.24) is 4.90 Å². The molecule has 3 atom stereocenters. The van der Waals surface area contributed by atoms with Gasteiger partial charge in [0, 0.05) is 6.54 Å². The van der Waals surface area contributed by atoms with Gasteiger partial charge in [-0.1, -0.05) is 0 Å². The van der Waals surface area contributed by atoms with Crippen molar-refractivity contribution in [2.45, 2.75) is 51.4 Å². The molecule has 0 spiro atoms. The van der Waals surface area contributed by atoms with Crippen LogP contribution in [0.4, 0.5) is 4.79 Å². The van der Waals surface area contributed by atoms with Gasteiger partial charge in [-0.15, -0.1) is 0 Å². The smallest absolute Gasteiger partial charge is 0.410 e. The predicted molar refractivity (Wildman–Crippen MR) is 66.8 cm³/mol. The topological polar surface area (TPSA) is 76.1 Å². The number of hydrogen-bond acceptors (Lipinski definition) is 4. The van der Waals surface area contributed by atoms with E-state index in [4.69, 9.17) is 14.6 Å². The lowest BCUT2D eigenvalue weighted by Crippen LogP contribution is -2.52. The van der Waals surface area contributed by atoms with Gasteiger partial charge in [0.2, 0.25) is 0 Å². The molecule has 2 rings (SSSR count). The summed E-state index contributed by atoms with van der Waals surface area (Å²) >= 11 is 0. The summed E-state index contributed by atoms with van der Waals surface area (Å²) in [5, 5.41) is 9.08. The number of aliphatic carboxylic acids is 1. The van der Waals surface area contributed by atoms with E-state index >= 15 is 0 Å². The number of ether oxygens (including phenoxy) is 2. The van der Waals surface area contributed by atoms with Crippen LogP contribution in [0.5, 0.6) is 0 Å². The molecule has 1 aliphatic heterocycles. The Balaban J connectivity index is 2.05. The van der Waals surface area contributed by atoms with Gasteiger partial charge in [-0.3, -0.25) is 4.79 Å². The Kier molecular flexibility index (Phi) is 3.71. The summed E-state index contributed by atoms with van der Waals surface area (Å²) in [5.41, 5.74) is -0.546. The average Bonchev–Trinajstić information content (AvgIpc) is 2.69. The van der Waals surface area contributed by atoms with Crippen LogP contribution in [0, 0.1) is 5.92 Å². The summed E-state index contributed by atoms with van der Waals surface area (Å²) in [4.78, 5) is 24.8. The molecule has 0 bridgehead atoms. The van der Waals surface area contributed by atoms with E-state index in [1.54, 1.807) is 4.90 Å². The second kappa shape index (κ2) is 5.00. The van der Waals surface area contributed by atoms with Gasteiger partial charge < -0.3 is 19.5 Å². The first kappa shape index (κ1) is 14.1. The van der Waals surface area contributed by atoms with E-state index in [2.05, 4.69) is 0 Å². The van der Waals surface area contributed by atoms with Gasteiger partial charge in [0.25, 0.3) is 0 Å². The average molecular weight is 271 g/mol. The molecule has 1 heterocycles. The summed E-state index contributed by atoms with van der Waals surface area (Å²) in [5.74, 6) is -1.25. The number of hydrogen-bond donors (Lipinski definition) is 1. The number of carbonyl (C=O) groups excluding carboxylic acids is 1. The van der Waals surface area contributed by atoms with Crippen molar-refractivity contribution in [3.63, 3.8) is 0 Å². The highest BCUT2D eigenvalue weighted by molar-refractivity contribution is 5.72. The Hall–Kier alpha value is -1.30. The lowest BCUT2D eigenvalue weighted by Gasteiger charge is -2.38. The zero-order valence-electron chi connectivity index (χ0n) is 11.6. The van der Waals surface area contributed by atoms with Crippen molar-refractivity contribution in [2.75, 3.05) is 13.2 Å². The van der Waals surface area contributed by atoms with Crippen LogP contribution in [0.1, 0.15) is 33.6 Å². The molecule has 19 heavy (non-hydrogen) atoms. The molecule has 108 valence electrons. The molecule has 0 aromatic rings. The largest absolute Gasteiger partial charge is 0.481 e. The minimum atomic E-state index is -0.817. The van der Waals surface area contributed by atoms with Crippen LogP contribution in [-0.4, -0.2) is 53.0 Å². The maximum absolute atomic E-state index is 12.1. The van der Waals surface area contributed by atoms with E-state index < -0.39 is 17.5 Å². The van der Waals surface area contributed by atoms with Crippen LogP contribution in [0.15, 0.2) is 0 Å². The maximum Gasteiger partial charge on any atom is 0.410 e. The highest BCUT2D eigenvalue weighted by Gasteiger charge is 2.46. The second-order valence-electron chi connectivity index (χ2n) is 6.16. The maximum atomic E-state index is 12.1. The molecule has 1 saturated heterocycles. The van der Waals surface area contributed by atoms with Gasteiger partial charge in [-0.25, -0.2) is 4.79 Å². The molecule has 0 aromatic carbocycles. The molecule has 1 N–H and O–H groups in total. The van der Waals surface area contributed by atoms with Crippen LogP contribution in [-0.2, 0) is 14.3 Å². The summed E-state index contributed by atoms with van der Waals surface area (Å²) in [6, 6.07) is -0.176. The Morgan fingerprint density at radius 2 is 2.00 bits per heavy atom. The number of carbonyl (C=O) groups is 2. The third kappa shape index (κ3) is 3.18. The Morgan fingerprint density at radius 3 is 2.58 bits per heavy atom. The second-order valence-corrected chi connectivity index (χ2v) is 6.16. The fourth-order valence-electron chi connectivity index (χ4n) is 2.70. The first-order valence-corrected chi connectivity index (χ1v) is 6.62. The molecule has 2 fully saturated rings. The highest BCUT2D eigenvalue weighted by atomic mass is 16.6. The molecule has 1 amide bonds. The third-order valence-corrected chi connectivity index (χ3v) is 3.51. The van der Waals surface area contributed by atoms with E-state index in [1.807, 2.05) is 20.8 Å². The van der Waals surface area contributed by atoms with Gasteiger partial charge in [0.05, 0.1) is 24.7 Å². The number of rotatable bonds is 1. The molecule has 1 unspecified atom stereocenters. The van der Waals surface area contributed by atoms with Gasteiger partial charge in [0.15, 0.2) is 0 Å². The Morgan fingerprint density at radius 1 is 1.32 bits per heavy atom. The SMILES string of the molecule is CC(C)(C)OC(=O)N1CCO[C@@H]2CC(C(=O)O)C[C@@H]21. The molecule has 6 heteroatoms. The van der Waals surface area contributed by atoms with Crippen LogP contribution in [0.3, 0.4) is 0 Å². The van der Waals surface area contributed by atoms with Gasteiger partial charge in [-0.2, -0.15) is 0 Å². The first-order chi connectivity index (χ1) is 8.78. The molecule has 2 aliphatic rings. The lowest BCUT2D eigenvalue weighted by molar-refractivity contribution is -0.141. The molecule has 1 aliphatic carbocycles. The highest BCUT2D eigenvalue weighted by Crippen LogP contribution is 2.35. The minimum Gasteiger partial charge on any atom is -0.481 e. The number of carboxylic acid groups (broad SMARTS) is 1. The zero-order valence-corrected chi connectivity index (χ0v) is 11.6. The molecule has 0 aromatic heterocycles. The van der Waals surface area contributed by atoms with Crippen molar-refractivity contribution in [3.05, 3.63) is 0 Å². The molecule has 1 saturated carbocycles. The van der Waals surface area contributed by atoms with E-state index in [0.717, 1.165) is 0 Å². The van der Waals surface area contributed by atoms with E-state index in [-0.39, 0.29) is 18.2 Å². The molecule has 6 nitrogen and oxygen atoms in total. The number of morpholine rings is 1. The van der Waals surface area contributed by atoms with Crippen molar-refractivity contribution in [2.24, 2.45) is 5.92 Å². The monoisotopic (exact) mass is 271 g/mol. The number of carboxylic acids is 1. The standard InChI is InChI=1S/C13H21NO5/c1-13(2,3)19-12(17)14-4-5-18-10-7-8(11(15)16)6-9(10)14/h8-10H,4-7H2,1-3H3,(H,15,16)/t8?,9-,10+/m0/s1. The van der Waals surface area contributed by atoms with E-state index in [0.29, 0.717) is 26.0 Å². The fraction of sp³-hybridized carbons (Fsp3) is 0.846. The molecule has 0 radical (unpaired) electrons. The van der Waals surface area contributed by atoms with E-state index in [9.17, 15) is 9.59 Å². The number of fused-ring (bicyclic) bond motifs is 1. The summed E-state index contributed by atoms with van der Waals surface area (Å²) < 4.78 is 10.9. The van der Waals surface area contributed by atoms with Crippen molar-refractivity contribution in [3.8, 4) is 0 Å². The minimum absolute atomic E-state index is 0.176. The number of nitrogens with zero attached hydrogens (tertiary/aromatic N) is 1. The summed E-state index contributed by atoms with van der Waals surface area (Å²) in [6.45, 7) is 6.35. The van der Waals surface area contributed by atoms with Crippen LogP contribution < -0.4 is 0 Å². The van der Waals surface area contributed by atoms with Gasteiger partial charge in [0.1, 0.15) is 5.60 Å². The van der Waals surface area contributed by atoms with Crippen molar-refractivity contribution >= 4 is 12.1 Å². The molecular weight excluding hydrogens is 250 g/mol. The van der Waals surface area contributed by atoms with Gasteiger partial charge >= 0.3 is 12.1 Å². The van der Waals surface area contributed by atoms with Gasteiger partial charge in [-0.05, 0) is 33.6 Å². The zero-order chi connectivity index (χ0) is 14.2. The van der Waals surface area contributed by atoms with Crippen molar-refractivity contribution < 1.29 is 24.2 Å². The third-order valence-electron chi connectivity index (χ3n) is 3.51. The lowest BCUT2D eigenvalue weighted by atomic mass is 10.1.